The van der Waals surface area contributed by atoms with Crippen LogP contribution in [-0.2, 0) is 13.0 Å². The molecule has 0 aliphatic carbocycles. The summed E-state index contributed by atoms with van der Waals surface area (Å²) in [5.74, 6) is 0.939. The van der Waals surface area contributed by atoms with Crippen LogP contribution in [0.15, 0.2) is 16.4 Å². The Balaban J connectivity index is 0.00000261. The Hall–Kier alpha value is -0.380. The maximum absolute atomic E-state index is 4.36. The predicted octanol–water partition coefficient (Wildman–Crippen LogP) is 3.16. The third kappa shape index (κ3) is 7.87. The molecule has 2 N–H and O–H groups in total. The van der Waals surface area contributed by atoms with E-state index in [2.05, 4.69) is 36.9 Å². The van der Waals surface area contributed by atoms with Crippen molar-refractivity contribution < 1.29 is 0 Å². The van der Waals surface area contributed by atoms with Gasteiger partial charge in [0.25, 0.3) is 0 Å². The molecule has 1 fully saturated rings. The molecule has 0 aromatic carbocycles. The second kappa shape index (κ2) is 13.0. The van der Waals surface area contributed by atoms with Gasteiger partial charge in [-0.15, -0.1) is 35.3 Å². The van der Waals surface area contributed by atoms with Crippen LogP contribution in [0.1, 0.15) is 42.5 Å². The van der Waals surface area contributed by atoms with Gasteiger partial charge in [-0.2, -0.15) is 0 Å². The van der Waals surface area contributed by atoms with Crippen molar-refractivity contribution in [1.29, 1.82) is 0 Å². The zero-order valence-corrected chi connectivity index (χ0v) is 19.9. The number of halogens is 1. The van der Waals surface area contributed by atoms with Gasteiger partial charge in [0, 0.05) is 44.6 Å². The topological polar surface area (TPSA) is 42.9 Å². The van der Waals surface area contributed by atoms with Gasteiger partial charge in [0.05, 0.1) is 0 Å². The molecule has 0 saturated carbocycles. The highest BCUT2D eigenvalue weighted by atomic mass is 127. The Morgan fingerprint density at radius 3 is 2.59 bits per heavy atom. The monoisotopic (exact) mass is 505 g/mol. The van der Waals surface area contributed by atoms with Gasteiger partial charge >= 0.3 is 0 Å². The SMILES string of the molecule is CN=C(NCCCN1CCCCCC1)NCCN1CCc2sccc2C1.I. The molecule has 1 aromatic heterocycles. The fraction of sp³-hybridized carbons (Fsp3) is 0.750. The summed E-state index contributed by atoms with van der Waals surface area (Å²) in [6.07, 6.45) is 7.97. The summed E-state index contributed by atoms with van der Waals surface area (Å²) in [4.78, 5) is 11.1. The number of hydrogen-bond acceptors (Lipinski definition) is 4. The summed E-state index contributed by atoms with van der Waals surface area (Å²) in [6.45, 7) is 9.08. The molecule has 154 valence electrons. The summed E-state index contributed by atoms with van der Waals surface area (Å²) in [5.41, 5.74) is 1.53. The lowest BCUT2D eigenvalue weighted by Crippen LogP contribution is -2.43. The second-order valence-corrected chi connectivity index (χ2v) is 8.43. The van der Waals surface area contributed by atoms with E-state index in [-0.39, 0.29) is 24.0 Å². The number of aliphatic imine (C=N–C) groups is 1. The fourth-order valence-electron chi connectivity index (χ4n) is 3.92. The van der Waals surface area contributed by atoms with Crippen LogP contribution in [0.25, 0.3) is 0 Å². The number of hydrogen-bond donors (Lipinski definition) is 2. The van der Waals surface area contributed by atoms with E-state index >= 15 is 0 Å². The first-order chi connectivity index (χ1) is 12.8. The zero-order valence-electron chi connectivity index (χ0n) is 16.7. The van der Waals surface area contributed by atoms with Crippen LogP contribution in [0.3, 0.4) is 0 Å². The van der Waals surface area contributed by atoms with Crippen molar-refractivity contribution in [2.45, 2.75) is 45.1 Å². The Kier molecular flexibility index (Phi) is 11.0. The number of guanidine groups is 1. The molecule has 7 heteroatoms. The highest BCUT2D eigenvalue weighted by molar-refractivity contribution is 14.0. The third-order valence-corrected chi connectivity index (χ3v) is 6.50. The molecule has 0 spiro atoms. The van der Waals surface area contributed by atoms with E-state index in [0.717, 1.165) is 32.1 Å². The van der Waals surface area contributed by atoms with E-state index in [9.17, 15) is 0 Å². The van der Waals surface area contributed by atoms with Crippen molar-refractivity contribution in [1.82, 2.24) is 20.4 Å². The molecule has 3 rings (SSSR count). The largest absolute Gasteiger partial charge is 0.356 e. The van der Waals surface area contributed by atoms with Crippen molar-refractivity contribution in [2.24, 2.45) is 4.99 Å². The summed E-state index contributed by atoms with van der Waals surface area (Å²) >= 11 is 1.91. The normalized spacial score (nSPS) is 19.1. The first-order valence-electron chi connectivity index (χ1n) is 10.3. The number of nitrogens with zero attached hydrogens (tertiary/aromatic N) is 3. The van der Waals surface area contributed by atoms with Crippen molar-refractivity contribution in [2.75, 3.05) is 52.9 Å². The van der Waals surface area contributed by atoms with Gasteiger partial charge in [0.15, 0.2) is 5.96 Å². The molecule has 1 saturated heterocycles. The lowest BCUT2D eigenvalue weighted by atomic mass is 10.1. The Bertz CT molecular complexity index is 554. The van der Waals surface area contributed by atoms with Gasteiger partial charge in [-0.25, -0.2) is 0 Å². The minimum Gasteiger partial charge on any atom is -0.356 e. The summed E-state index contributed by atoms with van der Waals surface area (Å²) in [7, 11) is 1.86. The smallest absolute Gasteiger partial charge is 0.191 e. The molecule has 1 aromatic rings. The first-order valence-corrected chi connectivity index (χ1v) is 11.2. The Morgan fingerprint density at radius 1 is 1.04 bits per heavy atom. The van der Waals surface area contributed by atoms with Crippen LogP contribution in [0.4, 0.5) is 0 Å². The average Bonchev–Trinajstić information content (AvgIpc) is 2.97. The molecule has 0 atom stereocenters. The lowest BCUT2D eigenvalue weighted by molar-refractivity contribution is 0.260. The number of thiophene rings is 1. The van der Waals surface area contributed by atoms with E-state index in [0.29, 0.717) is 0 Å². The standard InChI is InChI=1S/C20H35N5S.HI/c1-21-20(22-9-6-13-24-11-4-2-3-5-12-24)23-10-15-25-14-7-19-18(17-25)8-16-26-19;/h8,16H,2-7,9-15,17H2,1H3,(H2,21,22,23);1H. The fourth-order valence-corrected chi connectivity index (χ4v) is 4.81. The first kappa shape index (κ1) is 22.9. The van der Waals surface area contributed by atoms with Crippen LogP contribution in [0.5, 0.6) is 0 Å². The lowest BCUT2D eigenvalue weighted by Gasteiger charge is -2.27. The van der Waals surface area contributed by atoms with Crippen molar-refractivity contribution in [3.8, 4) is 0 Å². The summed E-state index contributed by atoms with van der Waals surface area (Å²) in [6, 6.07) is 2.28. The highest BCUT2D eigenvalue weighted by Crippen LogP contribution is 2.23. The van der Waals surface area contributed by atoms with E-state index in [1.54, 1.807) is 4.88 Å². The highest BCUT2D eigenvalue weighted by Gasteiger charge is 2.16. The molecule has 3 heterocycles. The second-order valence-electron chi connectivity index (χ2n) is 7.43. The summed E-state index contributed by atoms with van der Waals surface area (Å²) in [5, 5.41) is 9.16. The van der Waals surface area contributed by atoms with Gasteiger partial charge in [-0.05, 0) is 62.3 Å². The molecule has 27 heavy (non-hydrogen) atoms. The van der Waals surface area contributed by atoms with Gasteiger partial charge in [0.2, 0.25) is 0 Å². The van der Waals surface area contributed by atoms with Gasteiger partial charge in [0.1, 0.15) is 0 Å². The molecule has 5 nitrogen and oxygen atoms in total. The van der Waals surface area contributed by atoms with Crippen LogP contribution < -0.4 is 10.6 Å². The van der Waals surface area contributed by atoms with Crippen molar-refractivity contribution in [3.05, 3.63) is 21.9 Å². The van der Waals surface area contributed by atoms with Crippen molar-refractivity contribution >= 4 is 41.3 Å². The summed E-state index contributed by atoms with van der Waals surface area (Å²) < 4.78 is 0. The van der Waals surface area contributed by atoms with E-state index in [1.165, 1.54) is 70.3 Å². The molecule has 2 aliphatic heterocycles. The van der Waals surface area contributed by atoms with E-state index in [1.807, 2.05) is 18.4 Å². The molecule has 2 aliphatic rings. The van der Waals surface area contributed by atoms with E-state index in [4.69, 9.17) is 0 Å². The van der Waals surface area contributed by atoms with E-state index < -0.39 is 0 Å². The van der Waals surface area contributed by atoms with Gasteiger partial charge in [-0.1, -0.05) is 12.8 Å². The molecule has 0 unspecified atom stereocenters. The van der Waals surface area contributed by atoms with Gasteiger partial charge in [-0.3, -0.25) is 9.89 Å². The van der Waals surface area contributed by atoms with Crippen LogP contribution in [0, 0.1) is 0 Å². The Labute approximate surface area is 186 Å². The van der Waals surface area contributed by atoms with Crippen LogP contribution >= 0.6 is 35.3 Å². The minimum atomic E-state index is 0. The number of rotatable bonds is 7. The van der Waals surface area contributed by atoms with Gasteiger partial charge < -0.3 is 15.5 Å². The maximum atomic E-state index is 4.36. The predicted molar refractivity (Wildman–Crippen MR) is 128 cm³/mol. The number of nitrogens with one attached hydrogen (secondary N) is 2. The number of fused-ring (bicyclic) bond motifs is 1. The zero-order chi connectivity index (χ0) is 18.0. The Morgan fingerprint density at radius 2 is 1.81 bits per heavy atom. The average molecular weight is 506 g/mol. The quantitative estimate of drug-likeness (QED) is 0.259. The molecule has 0 amide bonds. The third-order valence-electron chi connectivity index (χ3n) is 5.47. The minimum absolute atomic E-state index is 0. The number of likely N-dealkylation sites (tertiary alicyclic amines) is 1. The maximum Gasteiger partial charge on any atom is 0.191 e. The molecule has 0 bridgehead atoms. The van der Waals surface area contributed by atoms with Crippen LogP contribution in [-0.4, -0.2) is 68.6 Å². The van der Waals surface area contributed by atoms with Crippen LogP contribution in [0.2, 0.25) is 0 Å². The molecular formula is C20H36IN5S. The van der Waals surface area contributed by atoms with Crippen molar-refractivity contribution in [3.63, 3.8) is 0 Å². The molecule has 0 radical (unpaired) electrons. The molecular weight excluding hydrogens is 469 g/mol.